The Morgan fingerprint density at radius 3 is 2.70 bits per heavy atom. The van der Waals surface area contributed by atoms with Crippen molar-refractivity contribution in [2.75, 3.05) is 44.7 Å². The summed E-state index contributed by atoms with van der Waals surface area (Å²) in [6, 6.07) is 0. The standard InChI is InChI=1S/C11H17N5O3S/c1-8-14-15-11(20-8)13-10(18)9(17)12-2-3-16-4-6-19-7-5-16/h2-7H2,1H3,(H,12,17)(H,13,15,18). The molecule has 9 heteroatoms. The zero-order valence-corrected chi connectivity index (χ0v) is 12.0. The van der Waals surface area contributed by atoms with Crippen molar-refractivity contribution in [3.8, 4) is 0 Å². The molecule has 2 heterocycles. The van der Waals surface area contributed by atoms with Crippen LogP contribution in [0.4, 0.5) is 5.13 Å². The number of carbonyl (C=O) groups is 2. The Morgan fingerprint density at radius 2 is 2.05 bits per heavy atom. The predicted octanol–water partition coefficient (Wildman–Crippen LogP) is -0.767. The molecule has 0 aromatic carbocycles. The van der Waals surface area contributed by atoms with Crippen LogP contribution >= 0.6 is 11.3 Å². The van der Waals surface area contributed by atoms with E-state index in [9.17, 15) is 9.59 Å². The second kappa shape index (κ2) is 7.27. The topological polar surface area (TPSA) is 96.5 Å². The highest BCUT2D eigenvalue weighted by Crippen LogP contribution is 2.12. The summed E-state index contributed by atoms with van der Waals surface area (Å²) >= 11 is 1.22. The molecule has 0 aliphatic carbocycles. The molecule has 110 valence electrons. The van der Waals surface area contributed by atoms with Crippen molar-refractivity contribution in [3.63, 3.8) is 0 Å². The lowest BCUT2D eigenvalue weighted by Gasteiger charge is -2.26. The minimum atomic E-state index is -0.719. The number of rotatable bonds is 4. The van der Waals surface area contributed by atoms with Gasteiger partial charge in [0.25, 0.3) is 0 Å². The average molecular weight is 299 g/mol. The number of carbonyl (C=O) groups excluding carboxylic acids is 2. The summed E-state index contributed by atoms with van der Waals surface area (Å²) in [6.07, 6.45) is 0. The van der Waals surface area contributed by atoms with Gasteiger partial charge in [-0.2, -0.15) is 0 Å². The van der Waals surface area contributed by atoms with E-state index in [-0.39, 0.29) is 0 Å². The number of anilines is 1. The molecular formula is C11H17N5O3S. The number of ether oxygens (including phenoxy) is 1. The molecule has 0 atom stereocenters. The molecule has 0 spiro atoms. The van der Waals surface area contributed by atoms with Crippen LogP contribution in [0.25, 0.3) is 0 Å². The number of aryl methyl sites for hydroxylation is 1. The molecule has 8 nitrogen and oxygen atoms in total. The van der Waals surface area contributed by atoms with Gasteiger partial charge in [0.15, 0.2) is 0 Å². The molecular weight excluding hydrogens is 282 g/mol. The molecule has 0 bridgehead atoms. The maximum absolute atomic E-state index is 11.6. The van der Waals surface area contributed by atoms with Gasteiger partial charge >= 0.3 is 11.8 Å². The van der Waals surface area contributed by atoms with Crippen LogP contribution < -0.4 is 10.6 Å². The Balaban J connectivity index is 1.67. The first-order valence-electron chi connectivity index (χ1n) is 6.34. The van der Waals surface area contributed by atoms with Gasteiger partial charge in [-0.25, -0.2) is 0 Å². The van der Waals surface area contributed by atoms with Gasteiger partial charge in [-0.05, 0) is 6.92 Å². The molecule has 20 heavy (non-hydrogen) atoms. The summed E-state index contributed by atoms with van der Waals surface area (Å²) in [6.45, 7) is 6.05. The van der Waals surface area contributed by atoms with E-state index in [4.69, 9.17) is 4.74 Å². The van der Waals surface area contributed by atoms with Crippen molar-refractivity contribution in [1.82, 2.24) is 20.4 Å². The summed E-state index contributed by atoms with van der Waals surface area (Å²) in [7, 11) is 0. The van der Waals surface area contributed by atoms with Crippen LogP contribution in [0.15, 0.2) is 0 Å². The number of morpholine rings is 1. The van der Waals surface area contributed by atoms with Gasteiger partial charge in [-0.3, -0.25) is 19.8 Å². The number of nitrogens with one attached hydrogen (secondary N) is 2. The Labute approximate surface area is 120 Å². The third-order valence-electron chi connectivity index (χ3n) is 2.77. The first-order chi connectivity index (χ1) is 9.65. The largest absolute Gasteiger partial charge is 0.379 e. The fraction of sp³-hybridized carbons (Fsp3) is 0.636. The summed E-state index contributed by atoms with van der Waals surface area (Å²) in [5.74, 6) is -1.38. The summed E-state index contributed by atoms with van der Waals surface area (Å²) in [5.41, 5.74) is 0. The number of aromatic nitrogens is 2. The van der Waals surface area contributed by atoms with E-state index in [1.54, 1.807) is 6.92 Å². The van der Waals surface area contributed by atoms with Crippen LogP contribution in [0, 0.1) is 6.92 Å². The molecule has 1 fully saturated rings. The van der Waals surface area contributed by atoms with Crippen LogP contribution in [0.2, 0.25) is 0 Å². The highest BCUT2D eigenvalue weighted by atomic mass is 32.1. The van der Waals surface area contributed by atoms with Crippen LogP contribution in [0.5, 0.6) is 0 Å². The third-order valence-corrected chi connectivity index (χ3v) is 3.52. The van der Waals surface area contributed by atoms with Gasteiger partial charge in [0.05, 0.1) is 13.2 Å². The molecule has 2 rings (SSSR count). The van der Waals surface area contributed by atoms with Crippen LogP contribution in [-0.2, 0) is 14.3 Å². The van der Waals surface area contributed by atoms with Crippen molar-refractivity contribution in [1.29, 1.82) is 0 Å². The highest BCUT2D eigenvalue weighted by Gasteiger charge is 2.16. The monoisotopic (exact) mass is 299 g/mol. The van der Waals surface area contributed by atoms with Gasteiger partial charge < -0.3 is 10.1 Å². The Kier molecular flexibility index (Phi) is 5.39. The van der Waals surface area contributed by atoms with E-state index in [0.29, 0.717) is 31.4 Å². The maximum Gasteiger partial charge on any atom is 0.315 e. The van der Waals surface area contributed by atoms with Gasteiger partial charge in [0, 0.05) is 26.2 Å². The van der Waals surface area contributed by atoms with E-state index in [1.165, 1.54) is 11.3 Å². The molecule has 1 aromatic heterocycles. The van der Waals surface area contributed by atoms with E-state index in [0.717, 1.165) is 18.1 Å². The lowest BCUT2D eigenvalue weighted by molar-refractivity contribution is -0.136. The zero-order chi connectivity index (χ0) is 14.4. The number of nitrogens with zero attached hydrogens (tertiary/aromatic N) is 3. The minimum Gasteiger partial charge on any atom is -0.379 e. The predicted molar refractivity (Wildman–Crippen MR) is 73.5 cm³/mol. The minimum absolute atomic E-state index is 0.329. The van der Waals surface area contributed by atoms with Crippen molar-refractivity contribution >= 4 is 28.3 Å². The molecule has 1 saturated heterocycles. The summed E-state index contributed by atoms with van der Waals surface area (Å²) < 4.78 is 5.23. The van der Waals surface area contributed by atoms with Gasteiger partial charge in [-0.15, -0.1) is 10.2 Å². The highest BCUT2D eigenvalue weighted by molar-refractivity contribution is 7.15. The van der Waals surface area contributed by atoms with E-state index < -0.39 is 11.8 Å². The number of hydrogen-bond donors (Lipinski definition) is 2. The molecule has 1 aliphatic heterocycles. The van der Waals surface area contributed by atoms with Crippen LogP contribution in [-0.4, -0.2) is 66.3 Å². The maximum atomic E-state index is 11.6. The number of amides is 2. The van der Waals surface area contributed by atoms with Crippen LogP contribution in [0.3, 0.4) is 0 Å². The third kappa shape index (κ3) is 4.51. The fourth-order valence-electron chi connectivity index (χ4n) is 1.73. The van der Waals surface area contributed by atoms with E-state index in [1.807, 2.05) is 0 Å². The summed E-state index contributed by atoms with van der Waals surface area (Å²) in [5, 5.41) is 13.5. The van der Waals surface area contributed by atoms with Crippen molar-refractivity contribution < 1.29 is 14.3 Å². The normalized spacial score (nSPS) is 15.8. The average Bonchev–Trinajstić information content (AvgIpc) is 2.85. The van der Waals surface area contributed by atoms with Crippen molar-refractivity contribution in [2.24, 2.45) is 0 Å². The Hall–Kier alpha value is -1.58. The smallest absolute Gasteiger partial charge is 0.315 e. The molecule has 0 unspecified atom stereocenters. The Morgan fingerprint density at radius 1 is 1.30 bits per heavy atom. The first-order valence-corrected chi connectivity index (χ1v) is 7.16. The molecule has 0 radical (unpaired) electrons. The first kappa shape index (κ1) is 14.8. The van der Waals surface area contributed by atoms with Gasteiger partial charge in [-0.1, -0.05) is 11.3 Å². The van der Waals surface area contributed by atoms with Crippen LogP contribution in [0.1, 0.15) is 5.01 Å². The summed E-state index contributed by atoms with van der Waals surface area (Å²) in [4.78, 5) is 25.3. The lowest BCUT2D eigenvalue weighted by atomic mass is 10.4. The second-order valence-electron chi connectivity index (χ2n) is 4.29. The molecule has 1 aromatic rings. The molecule has 1 aliphatic rings. The van der Waals surface area contributed by atoms with Crippen molar-refractivity contribution in [2.45, 2.75) is 6.92 Å². The van der Waals surface area contributed by atoms with Gasteiger partial charge in [0.2, 0.25) is 5.13 Å². The van der Waals surface area contributed by atoms with Crippen molar-refractivity contribution in [3.05, 3.63) is 5.01 Å². The fourth-order valence-corrected chi connectivity index (χ4v) is 2.32. The lowest BCUT2D eigenvalue weighted by Crippen LogP contribution is -2.43. The van der Waals surface area contributed by atoms with E-state index in [2.05, 4.69) is 25.7 Å². The quantitative estimate of drug-likeness (QED) is 0.709. The molecule has 2 amide bonds. The second-order valence-corrected chi connectivity index (χ2v) is 5.47. The van der Waals surface area contributed by atoms with Gasteiger partial charge in [0.1, 0.15) is 5.01 Å². The molecule has 2 N–H and O–H groups in total. The zero-order valence-electron chi connectivity index (χ0n) is 11.2. The van der Waals surface area contributed by atoms with E-state index >= 15 is 0 Å². The Bertz CT molecular complexity index is 472. The molecule has 0 saturated carbocycles. The SMILES string of the molecule is Cc1nnc(NC(=O)C(=O)NCCN2CCOCC2)s1. The number of hydrogen-bond acceptors (Lipinski definition) is 7.